The molecule has 196 valence electrons. The minimum Gasteiger partial charge on any atom is -0.386 e. The zero-order valence-corrected chi connectivity index (χ0v) is 21.5. The molecule has 3 saturated heterocycles. The van der Waals surface area contributed by atoms with Gasteiger partial charge in [-0.3, -0.25) is 15.5 Å². The van der Waals surface area contributed by atoms with Crippen LogP contribution < -0.4 is 16.0 Å². The minimum absolute atomic E-state index is 0.00101. The van der Waals surface area contributed by atoms with Crippen LogP contribution in [-0.2, 0) is 4.74 Å². The number of aliphatic hydroxyl groups is 3. The summed E-state index contributed by atoms with van der Waals surface area (Å²) in [6, 6.07) is 6.52. The molecule has 1 aromatic carbocycles. The van der Waals surface area contributed by atoms with Gasteiger partial charge in [-0.1, -0.05) is 37.1 Å². The third-order valence-corrected chi connectivity index (χ3v) is 7.97. The second kappa shape index (κ2) is 10.1. The van der Waals surface area contributed by atoms with Crippen molar-refractivity contribution in [1.82, 2.24) is 25.8 Å². The lowest BCUT2D eigenvalue weighted by Crippen LogP contribution is -2.74. The van der Waals surface area contributed by atoms with Crippen LogP contribution in [0.3, 0.4) is 0 Å². The van der Waals surface area contributed by atoms with Gasteiger partial charge >= 0.3 is 6.03 Å². The van der Waals surface area contributed by atoms with E-state index >= 15 is 0 Å². The Morgan fingerprint density at radius 1 is 1.37 bits per heavy atom. The molecule has 3 aliphatic heterocycles. The molecule has 3 aliphatic rings. The Morgan fingerprint density at radius 3 is 2.69 bits per heavy atom. The van der Waals surface area contributed by atoms with Gasteiger partial charge in [0.1, 0.15) is 30.1 Å². The van der Waals surface area contributed by atoms with E-state index in [-0.39, 0.29) is 18.1 Å². The number of nitrogens with zero attached hydrogens (tertiary/aromatic N) is 2. The molecule has 3 unspecified atom stereocenters. The molecule has 10 nitrogen and oxygen atoms in total. The molecule has 0 radical (unpaired) electrons. The highest BCUT2D eigenvalue weighted by atomic mass is 35.5. The van der Waals surface area contributed by atoms with Gasteiger partial charge in [0.2, 0.25) is 0 Å². The van der Waals surface area contributed by atoms with Crippen LogP contribution in [0.1, 0.15) is 44.8 Å². The maximum absolute atomic E-state index is 12.6. The highest BCUT2D eigenvalue weighted by Crippen LogP contribution is 2.44. The Morgan fingerprint density at radius 2 is 2.06 bits per heavy atom. The minimum atomic E-state index is -1.69. The van der Waals surface area contributed by atoms with Gasteiger partial charge in [0.05, 0.1) is 11.8 Å². The first-order valence-electron chi connectivity index (χ1n) is 12.2. The number of nitrogens with one attached hydrogen (secondary N) is 3. The molecule has 6 N–H and O–H groups in total. The maximum atomic E-state index is 12.6. The molecule has 2 amide bonds. The number of ether oxygens (including phenoxy) is 1. The lowest BCUT2D eigenvalue weighted by Gasteiger charge is -2.49. The fraction of sp³-hybridized carbons (Fsp3) is 0.708. The second-order valence-corrected chi connectivity index (χ2v) is 10.7. The molecule has 4 rings (SSSR count). The molecular weight excluding hydrogens is 474 g/mol. The topological polar surface area (TPSA) is 130 Å². The van der Waals surface area contributed by atoms with E-state index in [1.807, 2.05) is 4.90 Å². The van der Waals surface area contributed by atoms with Gasteiger partial charge in [0.15, 0.2) is 0 Å². The Hall–Kier alpha value is -1.50. The number of fused-ring (bicyclic) bond motifs is 1. The van der Waals surface area contributed by atoms with Crippen molar-refractivity contribution in [2.45, 2.75) is 75.1 Å². The van der Waals surface area contributed by atoms with E-state index in [1.165, 1.54) is 11.8 Å². The van der Waals surface area contributed by atoms with Crippen molar-refractivity contribution >= 4 is 17.6 Å². The molecule has 8 atom stereocenters. The summed E-state index contributed by atoms with van der Waals surface area (Å²) < 4.78 is 6.20. The first kappa shape index (κ1) is 26.6. The highest BCUT2D eigenvalue weighted by molar-refractivity contribution is 6.30. The summed E-state index contributed by atoms with van der Waals surface area (Å²) in [6.45, 7) is 4.62. The van der Waals surface area contributed by atoms with Gasteiger partial charge in [-0.05, 0) is 37.5 Å². The molecule has 3 heterocycles. The Labute approximate surface area is 211 Å². The molecule has 0 aromatic heterocycles. The molecule has 0 aliphatic carbocycles. The summed E-state index contributed by atoms with van der Waals surface area (Å²) in [5, 5.41) is 44.1. The van der Waals surface area contributed by atoms with Gasteiger partial charge < -0.3 is 30.3 Å². The van der Waals surface area contributed by atoms with Crippen molar-refractivity contribution in [2.24, 2.45) is 5.92 Å². The monoisotopic (exact) mass is 511 g/mol. The zero-order valence-electron chi connectivity index (χ0n) is 20.7. The standard InChI is InChI=1S/C24H38ClN5O5/c1-5-11-24(28-22(33)29(3)4)16-10-12-30(20(16)26-13-27-24)21-18(32)23(2,34)19(35-21)17(31)14-6-8-15(25)9-7-14/h6-9,16-21,26-27,31-32,34H,5,10-13H2,1-4H3,(H,28,33)/t16?,17-,18+,19-,20?,21-,23+,24?/m1/s1. The van der Waals surface area contributed by atoms with Gasteiger partial charge in [-0.25, -0.2) is 4.79 Å². The van der Waals surface area contributed by atoms with E-state index < -0.39 is 35.8 Å². The Balaban J connectivity index is 1.56. The number of amides is 2. The summed E-state index contributed by atoms with van der Waals surface area (Å²) in [4.78, 5) is 16.2. The first-order valence-corrected chi connectivity index (χ1v) is 12.6. The number of hydrogen-bond donors (Lipinski definition) is 6. The van der Waals surface area contributed by atoms with Gasteiger partial charge in [0, 0.05) is 38.2 Å². The van der Waals surface area contributed by atoms with Crippen LogP contribution in [0.15, 0.2) is 24.3 Å². The Kier molecular flexibility index (Phi) is 7.67. The third kappa shape index (κ3) is 4.78. The van der Waals surface area contributed by atoms with Crippen LogP contribution in [-0.4, -0.2) is 94.3 Å². The molecular formula is C24H38ClN5O5. The van der Waals surface area contributed by atoms with Crippen LogP contribution in [0.4, 0.5) is 4.79 Å². The zero-order chi connectivity index (χ0) is 25.5. The summed E-state index contributed by atoms with van der Waals surface area (Å²) in [5.74, 6) is 0.00101. The van der Waals surface area contributed by atoms with Crippen LogP contribution in [0.25, 0.3) is 0 Å². The van der Waals surface area contributed by atoms with Crippen molar-refractivity contribution in [3.63, 3.8) is 0 Å². The molecule has 11 heteroatoms. The number of carbonyl (C=O) groups is 1. The molecule has 35 heavy (non-hydrogen) atoms. The molecule has 3 fully saturated rings. The van der Waals surface area contributed by atoms with E-state index in [0.717, 1.165) is 19.3 Å². The highest BCUT2D eigenvalue weighted by Gasteiger charge is 2.60. The van der Waals surface area contributed by atoms with Crippen LogP contribution in [0, 0.1) is 5.92 Å². The average molecular weight is 512 g/mol. The lowest BCUT2D eigenvalue weighted by atomic mass is 9.83. The molecule has 0 spiro atoms. The number of likely N-dealkylation sites (tertiary alicyclic amines) is 1. The number of hydrogen-bond acceptors (Lipinski definition) is 8. The first-order chi connectivity index (χ1) is 16.5. The SMILES string of the molecule is CCCC1(NC(=O)N(C)C)NCNC2C1CCN2[C@@H]1O[C@H]([C@H](O)c2ccc(Cl)cc2)[C@@](C)(O)[C@H]1O. The normalized spacial score (nSPS) is 38.2. The fourth-order valence-corrected chi connectivity index (χ4v) is 5.93. The predicted octanol–water partition coefficient (Wildman–Crippen LogP) is 0.776. The van der Waals surface area contributed by atoms with E-state index in [1.54, 1.807) is 38.4 Å². The molecule has 0 saturated carbocycles. The maximum Gasteiger partial charge on any atom is 0.318 e. The number of rotatable bonds is 6. The summed E-state index contributed by atoms with van der Waals surface area (Å²) in [6.07, 6.45) is -2.12. The van der Waals surface area contributed by atoms with E-state index in [0.29, 0.717) is 23.8 Å². The van der Waals surface area contributed by atoms with Crippen molar-refractivity contribution in [2.75, 3.05) is 27.3 Å². The largest absolute Gasteiger partial charge is 0.386 e. The smallest absolute Gasteiger partial charge is 0.318 e. The van der Waals surface area contributed by atoms with E-state index in [4.69, 9.17) is 16.3 Å². The molecule has 0 bridgehead atoms. The van der Waals surface area contributed by atoms with Crippen LogP contribution in [0.2, 0.25) is 5.02 Å². The number of benzene rings is 1. The van der Waals surface area contributed by atoms with E-state index in [2.05, 4.69) is 22.9 Å². The van der Waals surface area contributed by atoms with Gasteiger partial charge in [-0.2, -0.15) is 0 Å². The number of halogens is 1. The number of carbonyl (C=O) groups excluding carboxylic acids is 1. The van der Waals surface area contributed by atoms with Crippen LogP contribution >= 0.6 is 11.6 Å². The van der Waals surface area contributed by atoms with Crippen molar-refractivity contribution < 1.29 is 24.9 Å². The number of aliphatic hydroxyl groups excluding tert-OH is 2. The quantitative estimate of drug-likeness (QED) is 0.330. The molecule has 1 aromatic rings. The third-order valence-electron chi connectivity index (χ3n) is 7.72. The van der Waals surface area contributed by atoms with E-state index in [9.17, 15) is 20.1 Å². The van der Waals surface area contributed by atoms with Gasteiger partial charge in [-0.15, -0.1) is 0 Å². The van der Waals surface area contributed by atoms with Crippen molar-refractivity contribution in [1.29, 1.82) is 0 Å². The lowest BCUT2D eigenvalue weighted by molar-refractivity contribution is -0.135. The summed E-state index contributed by atoms with van der Waals surface area (Å²) in [7, 11) is 3.43. The summed E-state index contributed by atoms with van der Waals surface area (Å²) in [5.41, 5.74) is -1.76. The summed E-state index contributed by atoms with van der Waals surface area (Å²) >= 11 is 5.97. The van der Waals surface area contributed by atoms with Crippen LogP contribution in [0.5, 0.6) is 0 Å². The Bertz CT molecular complexity index is 899. The average Bonchev–Trinajstić information content (AvgIpc) is 3.34. The number of urea groups is 1. The van der Waals surface area contributed by atoms with Crippen molar-refractivity contribution in [3.05, 3.63) is 34.9 Å². The van der Waals surface area contributed by atoms with Crippen molar-refractivity contribution in [3.8, 4) is 0 Å². The van der Waals surface area contributed by atoms with Gasteiger partial charge in [0.25, 0.3) is 0 Å². The fourth-order valence-electron chi connectivity index (χ4n) is 5.80. The second-order valence-electron chi connectivity index (χ2n) is 10.3. The predicted molar refractivity (Wildman–Crippen MR) is 131 cm³/mol.